The second-order valence-corrected chi connectivity index (χ2v) is 10.6. The highest BCUT2D eigenvalue weighted by molar-refractivity contribution is 5.84. The molecule has 0 bridgehead atoms. The fraction of sp³-hybridized carbons (Fsp3) is 0.517. The zero-order chi connectivity index (χ0) is 25.2. The van der Waals surface area contributed by atoms with Gasteiger partial charge in [0.25, 0.3) is 0 Å². The van der Waals surface area contributed by atoms with E-state index in [1.807, 2.05) is 51.4 Å². The lowest BCUT2D eigenvalue weighted by atomic mass is 9.87. The molecule has 2 saturated carbocycles. The van der Waals surface area contributed by atoms with Gasteiger partial charge in [0.15, 0.2) is 0 Å². The number of rotatable bonds is 9. The quantitative estimate of drug-likeness (QED) is 0.488. The smallest absolute Gasteiger partial charge is 0.411 e. The van der Waals surface area contributed by atoms with Crippen molar-refractivity contribution in [2.45, 2.75) is 63.1 Å². The van der Waals surface area contributed by atoms with Gasteiger partial charge in [0.2, 0.25) is 0 Å². The summed E-state index contributed by atoms with van der Waals surface area (Å²) in [6, 6.07) is 17.0. The first-order chi connectivity index (χ1) is 17.4. The average molecular weight is 489 g/mol. The largest absolute Gasteiger partial charge is 0.492 e. The zero-order valence-corrected chi connectivity index (χ0v) is 21.4. The van der Waals surface area contributed by atoms with E-state index < -0.39 is 6.09 Å². The molecule has 3 atom stereocenters. The van der Waals surface area contributed by atoms with Gasteiger partial charge in [-0.3, -0.25) is 5.32 Å². The number of nitrogens with zero attached hydrogens (tertiary/aromatic N) is 3. The number of likely N-dealkylation sites (N-methyl/N-ethyl adjacent to an activating group) is 1. The van der Waals surface area contributed by atoms with Gasteiger partial charge in [0, 0.05) is 30.0 Å². The number of amides is 1. The first-order valence-corrected chi connectivity index (χ1v) is 13.1. The van der Waals surface area contributed by atoms with Crippen molar-refractivity contribution < 1.29 is 14.3 Å². The molecule has 2 aliphatic carbocycles. The van der Waals surface area contributed by atoms with E-state index in [2.05, 4.69) is 33.3 Å². The second kappa shape index (κ2) is 10.4. The highest BCUT2D eigenvalue weighted by Gasteiger charge is 2.44. The summed E-state index contributed by atoms with van der Waals surface area (Å²) in [4.78, 5) is 16.8. The summed E-state index contributed by atoms with van der Waals surface area (Å²) in [5.41, 5.74) is 3.94. The Labute approximate surface area is 214 Å². The predicted molar refractivity (Wildman–Crippen MR) is 140 cm³/mol. The van der Waals surface area contributed by atoms with Gasteiger partial charge in [-0.25, -0.2) is 4.79 Å². The third-order valence-electron chi connectivity index (χ3n) is 7.72. The molecular weight excluding hydrogens is 452 g/mol. The number of hydrogen-bond donors (Lipinski definition) is 1. The van der Waals surface area contributed by atoms with E-state index >= 15 is 0 Å². The van der Waals surface area contributed by atoms with Gasteiger partial charge in [-0.15, -0.1) is 0 Å². The molecule has 3 aliphatic rings. The first kappa shape index (κ1) is 24.5. The van der Waals surface area contributed by atoms with E-state index in [4.69, 9.17) is 9.47 Å². The Bertz CT molecular complexity index is 1120. The minimum Gasteiger partial charge on any atom is -0.492 e. The minimum absolute atomic E-state index is 0.0505. The van der Waals surface area contributed by atoms with E-state index in [1.54, 1.807) is 0 Å². The predicted octanol–water partition coefficient (Wildman–Crippen LogP) is 5.69. The van der Waals surface area contributed by atoms with Crippen molar-refractivity contribution in [1.82, 2.24) is 4.90 Å². The number of ether oxygens (including phenoxy) is 2. The molecule has 0 spiro atoms. The number of nitriles is 1. The maximum absolute atomic E-state index is 12.3. The summed E-state index contributed by atoms with van der Waals surface area (Å²) in [6.45, 7) is 3.42. The fourth-order valence-electron chi connectivity index (χ4n) is 5.25. The molecule has 5 rings (SSSR count). The van der Waals surface area contributed by atoms with Gasteiger partial charge < -0.3 is 19.3 Å². The van der Waals surface area contributed by atoms with Gasteiger partial charge in [-0.2, -0.15) is 5.26 Å². The number of fused-ring (bicyclic) bond motifs is 1. The van der Waals surface area contributed by atoms with Crippen molar-refractivity contribution in [2.75, 3.05) is 37.5 Å². The van der Waals surface area contributed by atoms with Gasteiger partial charge in [-0.05, 0) is 88.4 Å². The van der Waals surface area contributed by atoms with Crippen LogP contribution in [-0.4, -0.2) is 50.4 Å². The zero-order valence-electron chi connectivity index (χ0n) is 21.4. The van der Waals surface area contributed by atoms with Crippen LogP contribution in [0.2, 0.25) is 0 Å². The van der Waals surface area contributed by atoms with Crippen LogP contribution in [0.5, 0.6) is 5.75 Å². The van der Waals surface area contributed by atoms with Gasteiger partial charge in [0.1, 0.15) is 18.5 Å². The second-order valence-electron chi connectivity index (χ2n) is 10.6. The van der Waals surface area contributed by atoms with Crippen LogP contribution >= 0.6 is 0 Å². The lowest BCUT2D eigenvalue weighted by molar-refractivity contribution is 0.108. The number of hydrogen-bond acceptors (Lipinski definition) is 6. The van der Waals surface area contributed by atoms with Crippen molar-refractivity contribution in [3.63, 3.8) is 0 Å². The van der Waals surface area contributed by atoms with Crippen LogP contribution in [-0.2, 0) is 4.74 Å². The molecule has 190 valence electrons. The van der Waals surface area contributed by atoms with Crippen LogP contribution in [0.4, 0.5) is 16.2 Å². The highest BCUT2D eigenvalue weighted by atomic mass is 16.6. The van der Waals surface area contributed by atoms with E-state index in [0.717, 1.165) is 54.8 Å². The summed E-state index contributed by atoms with van der Waals surface area (Å²) in [5, 5.41) is 13.1. The molecule has 7 heteroatoms. The Morgan fingerprint density at radius 1 is 1.17 bits per heavy atom. The molecule has 2 aromatic carbocycles. The number of benzene rings is 2. The lowest BCUT2D eigenvalue weighted by Gasteiger charge is -2.41. The van der Waals surface area contributed by atoms with E-state index in [0.29, 0.717) is 24.3 Å². The van der Waals surface area contributed by atoms with Crippen molar-refractivity contribution in [3.05, 3.63) is 53.6 Å². The normalized spacial score (nSPS) is 21.9. The third kappa shape index (κ3) is 5.15. The van der Waals surface area contributed by atoms with Crippen LogP contribution < -0.4 is 15.0 Å². The first-order valence-electron chi connectivity index (χ1n) is 13.1. The molecule has 2 aromatic rings. The Balaban J connectivity index is 1.35. The van der Waals surface area contributed by atoms with Crippen molar-refractivity contribution >= 4 is 17.5 Å². The summed E-state index contributed by atoms with van der Waals surface area (Å²) in [7, 11) is 4.07. The summed E-state index contributed by atoms with van der Waals surface area (Å²) in [5.74, 6) is 1.08. The van der Waals surface area contributed by atoms with Gasteiger partial charge >= 0.3 is 6.09 Å². The van der Waals surface area contributed by atoms with Crippen molar-refractivity contribution in [1.29, 1.82) is 5.26 Å². The van der Waals surface area contributed by atoms with Crippen LogP contribution in [0.3, 0.4) is 0 Å². The van der Waals surface area contributed by atoms with Gasteiger partial charge in [-0.1, -0.05) is 18.2 Å². The van der Waals surface area contributed by atoms with Crippen LogP contribution in [0.15, 0.2) is 42.5 Å². The van der Waals surface area contributed by atoms with Gasteiger partial charge in [0.05, 0.1) is 18.0 Å². The van der Waals surface area contributed by atoms with E-state index in [1.165, 1.54) is 6.42 Å². The molecule has 0 saturated heterocycles. The SMILES string of the molecule is CC(OC(=O)Nc1ccc(C2C(C#N)c3ccc(OCCN(C)C)cc3N2C2CCC2)cc1)C1CC1. The molecule has 1 aliphatic heterocycles. The number of carbonyl (C=O) groups is 1. The Morgan fingerprint density at radius 2 is 1.92 bits per heavy atom. The Kier molecular flexibility index (Phi) is 7.06. The van der Waals surface area contributed by atoms with E-state index in [9.17, 15) is 10.1 Å². The standard InChI is InChI=1S/C29H36N4O3/c1-19(20-7-8-20)36-29(34)31-22-11-9-21(10-12-22)28-26(18-30)25-14-13-24(35-16-15-32(2)3)17-27(25)33(28)23-5-4-6-23/h9-14,17,19-20,23,26,28H,4-8,15-16H2,1-3H3,(H,31,34). The van der Waals surface area contributed by atoms with E-state index in [-0.39, 0.29) is 18.1 Å². The molecule has 3 unspecified atom stereocenters. The molecule has 1 heterocycles. The highest BCUT2D eigenvalue weighted by Crippen LogP contribution is 2.53. The molecule has 36 heavy (non-hydrogen) atoms. The van der Waals surface area contributed by atoms with Crippen molar-refractivity contribution in [2.24, 2.45) is 5.92 Å². The molecule has 7 nitrogen and oxygen atoms in total. The molecular formula is C29H36N4O3. The molecule has 1 N–H and O–H groups in total. The Morgan fingerprint density at radius 3 is 2.53 bits per heavy atom. The van der Waals surface area contributed by atoms with Crippen LogP contribution in [0, 0.1) is 17.2 Å². The summed E-state index contributed by atoms with van der Waals surface area (Å²) >= 11 is 0. The lowest BCUT2D eigenvalue weighted by Crippen LogP contribution is -2.41. The monoisotopic (exact) mass is 488 g/mol. The fourth-order valence-corrected chi connectivity index (χ4v) is 5.25. The molecule has 2 fully saturated rings. The minimum atomic E-state index is -0.414. The summed E-state index contributed by atoms with van der Waals surface area (Å²) in [6.07, 6.45) is 5.27. The van der Waals surface area contributed by atoms with Crippen molar-refractivity contribution in [3.8, 4) is 11.8 Å². The molecule has 0 aromatic heterocycles. The number of carbonyl (C=O) groups excluding carboxylic acids is 1. The molecule has 1 amide bonds. The number of anilines is 2. The van der Waals surface area contributed by atoms with Crippen LogP contribution in [0.1, 0.15) is 62.1 Å². The topological polar surface area (TPSA) is 77.8 Å². The van der Waals surface area contributed by atoms with Crippen LogP contribution in [0.25, 0.3) is 0 Å². The Hall–Kier alpha value is -3.24. The third-order valence-corrected chi connectivity index (χ3v) is 7.72. The average Bonchev–Trinajstić information content (AvgIpc) is 3.62. The maximum atomic E-state index is 12.3. The molecule has 0 radical (unpaired) electrons. The maximum Gasteiger partial charge on any atom is 0.411 e. The number of nitrogens with one attached hydrogen (secondary N) is 1. The summed E-state index contributed by atoms with van der Waals surface area (Å²) < 4.78 is 11.5.